The van der Waals surface area contributed by atoms with Gasteiger partial charge in [-0.15, -0.1) is 0 Å². The number of para-hydroxylation sites is 1. The highest BCUT2D eigenvalue weighted by molar-refractivity contribution is 6.35. The molecule has 0 atom stereocenters. The van der Waals surface area contributed by atoms with Crippen LogP contribution in [0.3, 0.4) is 0 Å². The molecule has 0 saturated heterocycles. The highest BCUT2D eigenvalue weighted by Gasteiger charge is 2.08. The van der Waals surface area contributed by atoms with Gasteiger partial charge < -0.3 is 0 Å². The normalized spacial score (nSPS) is 10.7. The molecule has 3 rings (SSSR count). The smallest absolute Gasteiger partial charge is 0.267 e. The van der Waals surface area contributed by atoms with E-state index in [2.05, 4.69) is 4.98 Å². The summed E-state index contributed by atoms with van der Waals surface area (Å²) in [6.07, 6.45) is 1.52. The van der Waals surface area contributed by atoms with Crippen LogP contribution in [-0.2, 0) is 0 Å². The largest absolute Gasteiger partial charge is 0.268 e. The Morgan fingerprint density at radius 1 is 1.00 bits per heavy atom. The minimum atomic E-state index is -0.156. The first-order valence-corrected chi connectivity index (χ1v) is 5.86. The van der Waals surface area contributed by atoms with Crippen molar-refractivity contribution in [2.45, 2.75) is 0 Å². The summed E-state index contributed by atoms with van der Waals surface area (Å²) in [6.45, 7) is 0. The minimum absolute atomic E-state index is 0.156. The van der Waals surface area contributed by atoms with E-state index in [4.69, 9.17) is 11.6 Å². The average Bonchev–Trinajstić information content (AvgIpc) is 2.40. The number of nitrogens with zero attached hydrogens (tertiary/aromatic N) is 2. The van der Waals surface area contributed by atoms with Crippen LogP contribution < -0.4 is 5.56 Å². The molecule has 0 aliphatic rings. The lowest BCUT2D eigenvalue weighted by Gasteiger charge is -2.06. The second-order valence-corrected chi connectivity index (χ2v) is 4.30. The lowest BCUT2D eigenvalue weighted by Crippen LogP contribution is -2.18. The zero-order valence-corrected chi connectivity index (χ0v) is 10.1. The SMILES string of the molecule is O=c1c2c(Cl)cccc2ncn1-c1ccccc1. The van der Waals surface area contributed by atoms with Crippen LogP contribution in [0.1, 0.15) is 0 Å². The number of hydrogen-bond acceptors (Lipinski definition) is 2. The number of rotatable bonds is 1. The Morgan fingerprint density at radius 3 is 2.56 bits per heavy atom. The molecule has 2 aromatic carbocycles. The van der Waals surface area contributed by atoms with Crippen LogP contribution in [-0.4, -0.2) is 9.55 Å². The van der Waals surface area contributed by atoms with Gasteiger partial charge in [-0.1, -0.05) is 35.9 Å². The van der Waals surface area contributed by atoms with Gasteiger partial charge in [-0.2, -0.15) is 0 Å². The second kappa shape index (κ2) is 4.27. The highest BCUT2D eigenvalue weighted by atomic mass is 35.5. The van der Waals surface area contributed by atoms with Gasteiger partial charge >= 0.3 is 0 Å². The van der Waals surface area contributed by atoms with Gasteiger partial charge in [0.05, 0.1) is 21.6 Å². The van der Waals surface area contributed by atoms with E-state index in [0.717, 1.165) is 5.69 Å². The van der Waals surface area contributed by atoms with Gasteiger partial charge in [-0.25, -0.2) is 4.98 Å². The van der Waals surface area contributed by atoms with Gasteiger partial charge in [-0.3, -0.25) is 9.36 Å². The molecule has 0 spiro atoms. The van der Waals surface area contributed by atoms with Crippen LogP contribution in [0.2, 0.25) is 5.02 Å². The molecule has 3 nitrogen and oxygen atoms in total. The monoisotopic (exact) mass is 256 g/mol. The third-order valence-corrected chi connectivity index (χ3v) is 3.09. The van der Waals surface area contributed by atoms with Crippen molar-refractivity contribution in [1.82, 2.24) is 9.55 Å². The van der Waals surface area contributed by atoms with Crippen LogP contribution in [0, 0.1) is 0 Å². The second-order valence-electron chi connectivity index (χ2n) is 3.89. The molecule has 0 N–H and O–H groups in total. The standard InChI is InChI=1S/C14H9ClN2O/c15-11-7-4-8-12-13(11)14(18)17(9-16-12)10-5-2-1-3-6-10/h1-9H. The van der Waals surface area contributed by atoms with E-state index >= 15 is 0 Å². The lowest BCUT2D eigenvalue weighted by atomic mass is 10.2. The first-order chi connectivity index (χ1) is 8.77. The van der Waals surface area contributed by atoms with Crippen molar-refractivity contribution in [1.29, 1.82) is 0 Å². The Kier molecular flexibility index (Phi) is 2.61. The summed E-state index contributed by atoms with van der Waals surface area (Å²) in [4.78, 5) is 16.6. The van der Waals surface area contributed by atoms with E-state index in [-0.39, 0.29) is 5.56 Å². The zero-order chi connectivity index (χ0) is 12.5. The Hall–Kier alpha value is -2.13. The van der Waals surface area contributed by atoms with Crippen molar-refractivity contribution in [3.63, 3.8) is 0 Å². The molecule has 1 aromatic heterocycles. The molecule has 0 aliphatic carbocycles. The Labute approximate surface area is 108 Å². The predicted molar refractivity (Wildman–Crippen MR) is 72.4 cm³/mol. The Morgan fingerprint density at radius 2 is 1.78 bits per heavy atom. The van der Waals surface area contributed by atoms with Gasteiger partial charge in [0.2, 0.25) is 0 Å². The van der Waals surface area contributed by atoms with Crippen LogP contribution in [0.25, 0.3) is 16.6 Å². The molecular formula is C14H9ClN2O. The summed E-state index contributed by atoms with van der Waals surface area (Å²) in [5.74, 6) is 0. The average molecular weight is 257 g/mol. The fourth-order valence-electron chi connectivity index (χ4n) is 1.90. The van der Waals surface area contributed by atoms with E-state index in [0.29, 0.717) is 15.9 Å². The zero-order valence-electron chi connectivity index (χ0n) is 9.38. The summed E-state index contributed by atoms with van der Waals surface area (Å²) in [7, 11) is 0. The van der Waals surface area contributed by atoms with E-state index in [1.807, 2.05) is 30.3 Å². The molecular weight excluding hydrogens is 248 g/mol. The summed E-state index contributed by atoms with van der Waals surface area (Å²) in [5.41, 5.74) is 1.23. The molecule has 0 bridgehead atoms. The van der Waals surface area contributed by atoms with Crippen LogP contribution in [0.5, 0.6) is 0 Å². The van der Waals surface area contributed by atoms with Crippen molar-refractivity contribution < 1.29 is 0 Å². The van der Waals surface area contributed by atoms with Crippen molar-refractivity contribution >= 4 is 22.5 Å². The first kappa shape index (κ1) is 11.0. The molecule has 0 unspecified atom stereocenters. The molecule has 0 radical (unpaired) electrons. The maximum atomic E-state index is 12.4. The quantitative estimate of drug-likeness (QED) is 0.671. The third-order valence-electron chi connectivity index (χ3n) is 2.77. The Bertz CT molecular complexity index is 766. The molecule has 0 amide bonds. The topological polar surface area (TPSA) is 34.9 Å². The summed E-state index contributed by atoms with van der Waals surface area (Å²) < 4.78 is 1.49. The predicted octanol–water partition coefficient (Wildman–Crippen LogP) is 3.04. The molecule has 4 heteroatoms. The molecule has 1 heterocycles. The fraction of sp³-hybridized carbons (Fsp3) is 0. The maximum absolute atomic E-state index is 12.4. The molecule has 3 aromatic rings. The summed E-state index contributed by atoms with van der Waals surface area (Å²) in [5, 5.41) is 0.876. The minimum Gasteiger partial charge on any atom is -0.268 e. The van der Waals surface area contributed by atoms with Gasteiger partial charge in [0.15, 0.2) is 0 Å². The molecule has 0 aliphatic heterocycles. The molecule has 18 heavy (non-hydrogen) atoms. The van der Waals surface area contributed by atoms with Crippen molar-refractivity contribution in [3.05, 3.63) is 70.2 Å². The van der Waals surface area contributed by atoms with E-state index in [1.54, 1.807) is 18.2 Å². The molecule has 0 fully saturated rings. The van der Waals surface area contributed by atoms with Crippen molar-refractivity contribution in [2.75, 3.05) is 0 Å². The fourth-order valence-corrected chi connectivity index (χ4v) is 2.15. The van der Waals surface area contributed by atoms with E-state index in [1.165, 1.54) is 10.9 Å². The van der Waals surface area contributed by atoms with Crippen LogP contribution in [0.4, 0.5) is 0 Å². The number of benzene rings is 2. The first-order valence-electron chi connectivity index (χ1n) is 5.49. The number of fused-ring (bicyclic) bond motifs is 1. The van der Waals surface area contributed by atoms with Crippen molar-refractivity contribution in [2.24, 2.45) is 0 Å². The third kappa shape index (κ3) is 1.69. The molecule has 0 saturated carbocycles. The van der Waals surface area contributed by atoms with Gasteiger partial charge in [-0.05, 0) is 24.3 Å². The van der Waals surface area contributed by atoms with E-state index in [9.17, 15) is 4.79 Å². The van der Waals surface area contributed by atoms with Gasteiger partial charge in [0, 0.05) is 0 Å². The molecule has 88 valence electrons. The maximum Gasteiger partial charge on any atom is 0.267 e. The Balaban J connectivity index is 2.37. The lowest BCUT2D eigenvalue weighted by molar-refractivity contribution is 0.963. The summed E-state index contributed by atoms with van der Waals surface area (Å²) >= 11 is 6.07. The van der Waals surface area contributed by atoms with E-state index < -0.39 is 0 Å². The van der Waals surface area contributed by atoms with Crippen molar-refractivity contribution in [3.8, 4) is 5.69 Å². The van der Waals surface area contributed by atoms with Gasteiger partial charge in [0.25, 0.3) is 5.56 Å². The highest BCUT2D eigenvalue weighted by Crippen LogP contribution is 2.18. The summed E-state index contributed by atoms with van der Waals surface area (Å²) in [6, 6.07) is 14.6. The number of aromatic nitrogens is 2. The number of hydrogen-bond donors (Lipinski definition) is 0. The van der Waals surface area contributed by atoms with Gasteiger partial charge in [0.1, 0.15) is 6.33 Å². The van der Waals surface area contributed by atoms with Crippen LogP contribution in [0.15, 0.2) is 59.7 Å². The van der Waals surface area contributed by atoms with Crippen LogP contribution >= 0.6 is 11.6 Å². The number of halogens is 1.